The van der Waals surface area contributed by atoms with Gasteiger partial charge in [0, 0.05) is 25.2 Å². The van der Waals surface area contributed by atoms with E-state index in [0.29, 0.717) is 18.0 Å². The lowest BCUT2D eigenvalue weighted by molar-refractivity contribution is 0.222. The SMILES string of the molecule is CCC(CC)N(C)Cc1ccc(C(C)CNC(C)C)cc1. The van der Waals surface area contributed by atoms with Gasteiger partial charge in [-0.15, -0.1) is 0 Å². The molecule has 0 radical (unpaired) electrons. The summed E-state index contributed by atoms with van der Waals surface area (Å²) in [5.74, 6) is 0.568. The lowest BCUT2D eigenvalue weighted by atomic mass is 9.99. The summed E-state index contributed by atoms with van der Waals surface area (Å²) in [4.78, 5) is 2.47. The molecule has 1 atom stereocenters. The molecule has 0 amide bonds. The lowest BCUT2D eigenvalue weighted by Crippen LogP contribution is -2.30. The fourth-order valence-corrected chi connectivity index (χ4v) is 2.81. The van der Waals surface area contributed by atoms with Gasteiger partial charge in [0.2, 0.25) is 0 Å². The number of benzene rings is 1. The molecule has 1 unspecified atom stereocenters. The van der Waals surface area contributed by atoms with E-state index in [9.17, 15) is 0 Å². The van der Waals surface area contributed by atoms with Crippen molar-refractivity contribution in [2.75, 3.05) is 13.6 Å². The molecule has 1 aromatic rings. The summed E-state index contributed by atoms with van der Waals surface area (Å²) >= 11 is 0. The summed E-state index contributed by atoms with van der Waals surface area (Å²) in [5, 5.41) is 3.51. The molecule has 0 aliphatic rings. The smallest absolute Gasteiger partial charge is 0.0233 e. The third-order valence-electron chi connectivity index (χ3n) is 4.38. The summed E-state index contributed by atoms with van der Waals surface area (Å²) < 4.78 is 0. The van der Waals surface area contributed by atoms with Crippen molar-refractivity contribution in [1.82, 2.24) is 10.2 Å². The quantitative estimate of drug-likeness (QED) is 0.725. The van der Waals surface area contributed by atoms with Crippen LogP contribution in [0.2, 0.25) is 0 Å². The highest BCUT2D eigenvalue weighted by atomic mass is 15.1. The van der Waals surface area contributed by atoms with E-state index in [-0.39, 0.29) is 0 Å². The van der Waals surface area contributed by atoms with E-state index < -0.39 is 0 Å². The number of rotatable bonds is 9. The molecule has 0 aliphatic heterocycles. The molecular weight excluding hydrogens is 256 g/mol. The van der Waals surface area contributed by atoms with E-state index in [1.807, 2.05) is 0 Å². The van der Waals surface area contributed by atoms with Crippen LogP contribution in [0.25, 0.3) is 0 Å². The maximum Gasteiger partial charge on any atom is 0.0233 e. The predicted molar refractivity (Wildman–Crippen MR) is 93.8 cm³/mol. The Hall–Kier alpha value is -0.860. The Kier molecular flexibility index (Phi) is 7.98. The van der Waals surface area contributed by atoms with Crippen molar-refractivity contribution < 1.29 is 0 Å². The van der Waals surface area contributed by atoms with Gasteiger partial charge in [-0.2, -0.15) is 0 Å². The first-order chi connectivity index (χ1) is 9.97. The first kappa shape index (κ1) is 18.2. The Bertz CT molecular complexity index is 379. The van der Waals surface area contributed by atoms with Crippen molar-refractivity contribution in [3.05, 3.63) is 35.4 Å². The summed E-state index contributed by atoms with van der Waals surface area (Å²) in [5.41, 5.74) is 2.84. The van der Waals surface area contributed by atoms with Gasteiger partial charge < -0.3 is 5.32 Å². The standard InChI is InChI=1S/C19H34N2/c1-7-19(8-2)21(6)14-17-9-11-18(12-10-17)16(5)13-20-15(3)4/h9-12,15-16,19-20H,7-8,13-14H2,1-6H3. The second kappa shape index (κ2) is 9.22. The average molecular weight is 290 g/mol. The zero-order valence-electron chi connectivity index (χ0n) is 14.8. The van der Waals surface area contributed by atoms with E-state index in [1.165, 1.54) is 24.0 Å². The normalized spacial score (nSPS) is 13.4. The maximum atomic E-state index is 3.51. The monoisotopic (exact) mass is 290 g/mol. The van der Waals surface area contributed by atoms with Crippen LogP contribution in [0.1, 0.15) is 64.5 Å². The van der Waals surface area contributed by atoms with Gasteiger partial charge in [0.25, 0.3) is 0 Å². The summed E-state index contributed by atoms with van der Waals surface area (Å²) in [7, 11) is 2.24. The van der Waals surface area contributed by atoms with Gasteiger partial charge in [-0.3, -0.25) is 4.90 Å². The van der Waals surface area contributed by atoms with Crippen molar-refractivity contribution in [2.24, 2.45) is 0 Å². The molecule has 0 aliphatic carbocycles. The van der Waals surface area contributed by atoms with Crippen molar-refractivity contribution in [1.29, 1.82) is 0 Å². The first-order valence-electron chi connectivity index (χ1n) is 8.50. The van der Waals surface area contributed by atoms with Crippen LogP contribution in [0.15, 0.2) is 24.3 Å². The van der Waals surface area contributed by atoms with E-state index in [1.54, 1.807) is 0 Å². The van der Waals surface area contributed by atoms with E-state index in [0.717, 1.165) is 13.1 Å². The van der Waals surface area contributed by atoms with Gasteiger partial charge in [0.15, 0.2) is 0 Å². The molecule has 2 heteroatoms. The Morgan fingerprint density at radius 3 is 2.05 bits per heavy atom. The van der Waals surface area contributed by atoms with Gasteiger partial charge in [0.05, 0.1) is 0 Å². The third kappa shape index (κ3) is 6.19. The Morgan fingerprint density at radius 1 is 1.00 bits per heavy atom. The lowest BCUT2D eigenvalue weighted by Gasteiger charge is -2.26. The van der Waals surface area contributed by atoms with Crippen LogP contribution in [0.3, 0.4) is 0 Å². The third-order valence-corrected chi connectivity index (χ3v) is 4.38. The summed E-state index contributed by atoms with van der Waals surface area (Å²) in [6, 6.07) is 10.4. The minimum atomic E-state index is 0.556. The molecule has 0 aromatic heterocycles. The molecule has 0 fully saturated rings. The Labute approximate surface area is 131 Å². The molecule has 1 N–H and O–H groups in total. The van der Waals surface area contributed by atoms with E-state index >= 15 is 0 Å². The van der Waals surface area contributed by atoms with Crippen LogP contribution < -0.4 is 5.32 Å². The van der Waals surface area contributed by atoms with Crippen LogP contribution in [0.5, 0.6) is 0 Å². The molecule has 0 saturated carbocycles. The van der Waals surface area contributed by atoms with Crippen LogP contribution in [-0.2, 0) is 6.54 Å². The minimum Gasteiger partial charge on any atom is -0.314 e. The Morgan fingerprint density at radius 2 is 1.57 bits per heavy atom. The highest BCUT2D eigenvalue weighted by molar-refractivity contribution is 5.25. The molecular formula is C19H34N2. The van der Waals surface area contributed by atoms with Gasteiger partial charge in [-0.25, -0.2) is 0 Å². The number of hydrogen-bond donors (Lipinski definition) is 1. The van der Waals surface area contributed by atoms with E-state index in [4.69, 9.17) is 0 Å². The first-order valence-corrected chi connectivity index (χ1v) is 8.50. The zero-order chi connectivity index (χ0) is 15.8. The van der Waals surface area contributed by atoms with Crippen molar-refractivity contribution in [3.8, 4) is 0 Å². The summed E-state index contributed by atoms with van der Waals surface area (Å²) in [6.45, 7) is 13.3. The molecule has 120 valence electrons. The highest BCUT2D eigenvalue weighted by Gasteiger charge is 2.11. The van der Waals surface area contributed by atoms with Gasteiger partial charge in [-0.1, -0.05) is 58.9 Å². The molecule has 1 rings (SSSR count). The van der Waals surface area contributed by atoms with Crippen LogP contribution in [-0.4, -0.2) is 30.6 Å². The topological polar surface area (TPSA) is 15.3 Å². The van der Waals surface area contributed by atoms with Crippen LogP contribution >= 0.6 is 0 Å². The van der Waals surface area contributed by atoms with Crippen LogP contribution in [0, 0.1) is 0 Å². The predicted octanol–water partition coefficient (Wildman–Crippen LogP) is 4.41. The maximum absolute atomic E-state index is 3.51. The molecule has 0 bridgehead atoms. The van der Waals surface area contributed by atoms with Crippen molar-refractivity contribution in [2.45, 2.75) is 72.0 Å². The highest BCUT2D eigenvalue weighted by Crippen LogP contribution is 2.17. The van der Waals surface area contributed by atoms with Gasteiger partial charge in [-0.05, 0) is 36.9 Å². The van der Waals surface area contributed by atoms with Gasteiger partial charge >= 0.3 is 0 Å². The van der Waals surface area contributed by atoms with Crippen LogP contribution in [0.4, 0.5) is 0 Å². The van der Waals surface area contributed by atoms with Crippen molar-refractivity contribution in [3.63, 3.8) is 0 Å². The van der Waals surface area contributed by atoms with Gasteiger partial charge in [0.1, 0.15) is 0 Å². The second-order valence-corrected chi connectivity index (χ2v) is 6.59. The number of nitrogens with one attached hydrogen (secondary N) is 1. The summed E-state index contributed by atoms with van der Waals surface area (Å²) in [6.07, 6.45) is 2.45. The fourth-order valence-electron chi connectivity index (χ4n) is 2.81. The van der Waals surface area contributed by atoms with Crippen molar-refractivity contribution >= 4 is 0 Å². The van der Waals surface area contributed by atoms with E-state index in [2.05, 4.69) is 76.1 Å². The molecule has 21 heavy (non-hydrogen) atoms. The molecule has 1 aromatic carbocycles. The number of hydrogen-bond acceptors (Lipinski definition) is 2. The molecule has 0 spiro atoms. The largest absolute Gasteiger partial charge is 0.314 e. The molecule has 2 nitrogen and oxygen atoms in total. The fraction of sp³-hybridized carbons (Fsp3) is 0.684. The molecule has 0 saturated heterocycles. The molecule has 0 heterocycles. The second-order valence-electron chi connectivity index (χ2n) is 6.59. The Balaban J connectivity index is 2.57. The zero-order valence-corrected chi connectivity index (χ0v) is 14.8. The average Bonchev–Trinajstić information content (AvgIpc) is 2.46. The minimum absolute atomic E-state index is 0.556. The number of nitrogens with zero attached hydrogens (tertiary/aromatic N) is 1.